The Balaban J connectivity index is 1.90. The third-order valence-corrected chi connectivity index (χ3v) is 3.40. The van der Waals surface area contributed by atoms with Gasteiger partial charge in [0.15, 0.2) is 0 Å². The summed E-state index contributed by atoms with van der Waals surface area (Å²) in [5.74, 6) is 0.195. The highest BCUT2D eigenvalue weighted by Gasteiger charge is 2.17. The molecule has 0 atom stereocenters. The molecule has 1 aromatic carbocycles. The number of hydrogen-bond donors (Lipinski definition) is 1. The van der Waals surface area contributed by atoms with Crippen LogP contribution in [0.1, 0.15) is 18.4 Å². The van der Waals surface area contributed by atoms with Crippen LogP contribution in [0, 0.1) is 6.92 Å². The van der Waals surface area contributed by atoms with Crippen molar-refractivity contribution < 1.29 is 4.79 Å². The Bertz CT molecular complexity index is 394. The molecule has 1 N–H and O–H groups in total. The molecule has 0 bridgehead atoms. The minimum atomic E-state index is 0.195. The first-order chi connectivity index (χ1) is 8.15. The van der Waals surface area contributed by atoms with Gasteiger partial charge in [0.1, 0.15) is 0 Å². The van der Waals surface area contributed by atoms with E-state index in [2.05, 4.69) is 21.2 Å². The SMILES string of the molecule is Cc1cc(Br)cc(NCC(=O)N2CCCC2)c1. The zero-order valence-electron chi connectivity index (χ0n) is 10.0. The second kappa shape index (κ2) is 5.54. The second-order valence-electron chi connectivity index (χ2n) is 4.46. The molecule has 2 rings (SSSR count). The smallest absolute Gasteiger partial charge is 0.241 e. The molecular weight excluding hydrogens is 280 g/mol. The van der Waals surface area contributed by atoms with Crippen molar-refractivity contribution in [1.29, 1.82) is 0 Å². The summed E-state index contributed by atoms with van der Waals surface area (Å²) < 4.78 is 1.04. The average molecular weight is 297 g/mol. The molecule has 0 saturated carbocycles. The zero-order valence-corrected chi connectivity index (χ0v) is 11.6. The number of amides is 1. The van der Waals surface area contributed by atoms with E-state index in [4.69, 9.17) is 0 Å². The number of carbonyl (C=O) groups excluding carboxylic acids is 1. The van der Waals surface area contributed by atoms with Crippen LogP contribution in [0.5, 0.6) is 0 Å². The number of nitrogens with zero attached hydrogens (tertiary/aromatic N) is 1. The molecular formula is C13H17BrN2O. The Morgan fingerprint density at radius 2 is 2.06 bits per heavy atom. The largest absolute Gasteiger partial charge is 0.376 e. The molecule has 1 amide bonds. The van der Waals surface area contributed by atoms with Crippen LogP contribution in [0.4, 0.5) is 5.69 Å². The molecule has 3 nitrogen and oxygen atoms in total. The number of likely N-dealkylation sites (tertiary alicyclic amines) is 1. The van der Waals surface area contributed by atoms with E-state index in [-0.39, 0.29) is 5.91 Å². The van der Waals surface area contributed by atoms with Crippen LogP contribution in [0.25, 0.3) is 0 Å². The maximum atomic E-state index is 11.8. The maximum Gasteiger partial charge on any atom is 0.241 e. The molecule has 0 aromatic heterocycles. The lowest BCUT2D eigenvalue weighted by Crippen LogP contribution is -2.32. The Hall–Kier alpha value is -1.03. The van der Waals surface area contributed by atoms with Gasteiger partial charge in [0.05, 0.1) is 6.54 Å². The van der Waals surface area contributed by atoms with Crippen molar-refractivity contribution in [1.82, 2.24) is 4.90 Å². The summed E-state index contributed by atoms with van der Waals surface area (Å²) in [6.07, 6.45) is 2.28. The van der Waals surface area contributed by atoms with Crippen LogP contribution < -0.4 is 5.32 Å². The lowest BCUT2D eigenvalue weighted by atomic mass is 10.2. The highest BCUT2D eigenvalue weighted by molar-refractivity contribution is 9.10. The van der Waals surface area contributed by atoms with Crippen molar-refractivity contribution in [3.63, 3.8) is 0 Å². The standard InChI is InChI=1S/C13H17BrN2O/c1-10-6-11(14)8-12(7-10)15-9-13(17)16-4-2-3-5-16/h6-8,15H,2-5,9H2,1H3. The van der Waals surface area contributed by atoms with Gasteiger partial charge in [0, 0.05) is 23.2 Å². The monoisotopic (exact) mass is 296 g/mol. The number of carbonyl (C=O) groups is 1. The molecule has 1 aliphatic heterocycles. The first-order valence-electron chi connectivity index (χ1n) is 5.94. The quantitative estimate of drug-likeness (QED) is 0.930. The molecule has 1 fully saturated rings. The van der Waals surface area contributed by atoms with E-state index in [1.165, 1.54) is 5.56 Å². The molecule has 1 aromatic rings. The number of anilines is 1. The first kappa shape index (κ1) is 12.4. The van der Waals surface area contributed by atoms with Gasteiger partial charge < -0.3 is 10.2 Å². The fourth-order valence-corrected chi connectivity index (χ4v) is 2.70. The number of rotatable bonds is 3. The van der Waals surface area contributed by atoms with Crippen LogP contribution in [-0.2, 0) is 4.79 Å². The number of hydrogen-bond acceptors (Lipinski definition) is 2. The van der Waals surface area contributed by atoms with Crippen molar-refractivity contribution >= 4 is 27.5 Å². The van der Waals surface area contributed by atoms with Gasteiger partial charge in [-0.3, -0.25) is 4.79 Å². The van der Waals surface area contributed by atoms with E-state index in [9.17, 15) is 4.79 Å². The molecule has 0 unspecified atom stereocenters. The summed E-state index contributed by atoms with van der Waals surface area (Å²) in [4.78, 5) is 13.8. The Morgan fingerprint density at radius 3 is 2.71 bits per heavy atom. The lowest BCUT2D eigenvalue weighted by molar-refractivity contribution is -0.128. The average Bonchev–Trinajstić information content (AvgIpc) is 2.78. The summed E-state index contributed by atoms with van der Waals surface area (Å²) in [6.45, 7) is 4.25. The summed E-state index contributed by atoms with van der Waals surface area (Å²) in [7, 11) is 0. The zero-order chi connectivity index (χ0) is 12.3. The number of halogens is 1. The van der Waals surface area contributed by atoms with Crippen molar-refractivity contribution in [3.8, 4) is 0 Å². The Labute approximate surface area is 110 Å². The maximum absolute atomic E-state index is 11.8. The molecule has 17 heavy (non-hydrogen) atoms. The second-order valence-corrected chi connectivity index (χ2v) is 5.37. The van der Waals surface area contributed by atoms with E-state index >= 15 is 0 Å². The topological polar surface area (TPSA) is 32.3 Å². The van der Waals surface area contributed by atoms with Gasteiger partial charge >= 0.3 is 0 Å². The fraction of sp³-hybridized carbons (Fsp3) is 0.462. The predicted molar refractivity (Wildman–Crippen MR) is 73.2 cm³/mol. The number of nitrogens with one attached hydrogen (secondary N) is 1. The van der Waals surface area contributed by atoms with Crippen LogP contribution in [0.3, 0.4) is 0 Å². The third-order valence-electron chi connectivity index (χ3n) is 2.94. The van der Waals surface area contributed by atoms with Crippen LogP contribution in [0.15, 0.2) is 22.7 Å². The third kappa shape index (κ3) is 3.46. The Kier molecular flexibility index (Phi) is 4.05. The van der Waals surface area contributed by atoms with Crippen molar-refractivity contribution in [2.75, 3.05) is 25.0 Å². The minimum absolute atomic E-state index is 0.195. The van der Waals surface area contributed by atoms with Crippen molar-refractivity contribution in [3.05, 3.63) is 28.2 Å². The highest BCUT2D eigenvalue weighted by Crippen LogP contribution is 2.19. The highest BCUT2D eigenvalue weighted by atomic mass is 79.9. The van der Waals surface area contributed by atoms with Gasteiger partial charge in [0.2, 0.25) is 5.91 Å². The molecule has 0 radical (unpaired) electrons. The molecule has 4 heteroatoms. The molecule has 1 saturated heterocycles. The summed E-state index contributed by atoms with van der Waals surface area (Å²) in [5.41, 5.74) is 2.17. The van der Waals surface area contributed by atoms with E-state index < -0.39 is 0 Å². The van der Waals surface area contributed by atoms with E-state index in [0.29, 0.717) is 6.54 Å². The molecule has 1 heterocycles. The predicted octanol–water partition coefficient (Wildman–Crippen LogP) is 2.79. The molecule has 0 spiro atoms. The van der Waals surface area contributed by atoms with Gasteiger partial charge in [0.25, 0.3) is 0 Å². The van der Waals surface area contributed by atoms with E-state index in [1.807, 2.05) is 30.0 Å². The van der Waals surface area contributed by atoms with Crippen molar-refractivity contribution in [2.45, 2.75) is 19.8 Å². The van der Waals surface area contributed by atoms with Crippen LogP contribution in [0.2, 0.25) is 0 Å². The van der Waals surface area contributed by atoms with Gasteiger partial charge in [-0.2, -0.15) is 0 Å². The number of benzene rings is 1. The fourth-order valence-electron chi connectivity index (χ4n) is 2.09. The lowest BCUT2D eigenvalue weighted by Gasteiger charge is -2.16. The normalized spacial score (nSPS) is 15.1. The van der Waals surface area contributed by atoms with E-state index in [0.717, 1.165) is 36.1 Å². The Morgan fingerprint density at radius 1 is 1.35 bits per heavy atom. The van der Waals surface area contributed by atoms with Gasteiger partial charge in [-0.1, -0.05) is 15.9 Å². The van der Waals surface area contributed by atoms with Crippen LogP contribution in [-0.4, -0.2) is 30.4 Å². The summed E-state index contributed by atoms with van der Waals surface area (Å²) in [6, 6.07) is 6.08. The molecule has 0 aliphatic carbocycles. The number of aryl methyl sites for hydroxylation is 1. The van der Waals surface area contributed by atoms with Crippen LogP contribution >= 0.6 is 15.9 Å². The summed E-state index contributed by atoms with van der Waals surface area (Å²) in [5, 5.41) is 3.18. The van der Waals surface area contributed by atoms with E-state index in [1.54, 1.807) is 0 Å². The van der Waals surface area contributed by atoms with Crippen molar-refractivity contribution in [2.24, 2.45) is 0 Å². The van der Waals surface area contributed by atoms with Gasteiger partial charge in [-0.25, -0.2) is 0 Å². The molecule has 92 valence electrons. The molecule has 1 aliphatic rings. The van der Waals surface area contributed by atoms with Gasteiger partial charge in [-0.05, 0) is 43.5 Å². The van der Waals surface area contributed by atoms with Gasteiger partial charge in [-0.15, -0.1) is 0 Å². The minimum Gasteiger partial charge on any atom is -0.376 e. The summed E-state index contributed by atoms with van der Waals surface area (Å²) >= 11 is 3.45. The first-order valence-corrected chi connectivity index (χ1v) is 6.73.